The Labute approximate surface area is 137 Å². The summed E-state index contributed by atoms with van der Waals surface area (Å²) in [5.74, 6) is -0.415. The Hall–Kier alpha value is -0.630. The zero-order valence-electron chi connectivity index (χ0n) is 11.5. The molecule has 1 heterocycles. The number of nitrogens with zero attached hydrogens (tertiary/aromatic N) is 1. The van der Waals surface area contributed by atoms with E-state index in [-0.39, 0.29) is 23.3 Å². The summed E-state index contributed by atoms with van der Waals surface area (Å²) in [5, 5.41) is 3.03. The van der Waals surface area contributed by atoms with Crippen LogP contribution in [0, 0.1) is 5.92 Å². The summed E-state index contributed by atoms with van der Waals surface area (Å²) >= 11 is 9.12. The lowest BCUT2D eigenvalue weighted by molar-refractivity contribution is -0.125. The Morgan fingerprint density at radius 1 is 1.48 bits per heavy atom. The molecule has 8 heteroatoms. The zero-order chi connectivity index (χ0) is 15.6. The number of carbonyl (C=O) groups excluding carboxylic acids is 1. The molecule has 1 aromatic carbocycles. The molecule has 116 valence electrons. The average Bonchev–Trinajstić information content (AvgIpc) is 2.49. The Kier molecular flexibility index (Phi) is 5.29. The van der Waals surface area contributed by atoms with Crippen LogP contribution in [0.25, 0.3) is 0 Å². The van der Waals surface area contributed by atoms with Crippen molar-refractivity contribution in [2.75, 3.05) is 20.1 Å². The molecule has 0 aromatic heterocycles. The molecule has 1 fully saturated rings. The summed E-state index contributed by atoms with van der Waals surface area (Å²) < 4.78 is 27.2. The third-order valence-corrected chi connectivity index (χ3v) is 6.61. The van der Waals surface area contributed by atoms with Gasteiger partial charge < -0.3 is 5.32 Å². The van der Waals surface area contributed by atoms with Crippen LogP contribution in [0.4, 0.5) is 0 Å². The second-order valence-electron chi connectivity index (χ2n) is 4.89. The van der Waals surface area contributed by atoms with Crippen molar-refractivity contribution in [3.63, 3.8) is 0 Å². The van der Waals surface area contributed by atoms with Gasteiger partial charge in [-0.2, -0.15) is 4.31 Å². The molecule has 1 atom stereocenters. The highest BCUT2D eigenvalue weighted by molar-refractivity contribution is 9.10. The van der Waals surface area contributed by atoms with Gasteiger partial charge >= 0.3 is 0 Å². The summed E-state index contributed by atoms with van der Waals surface area (Å²) in [4.78, 5) is 11.9. The van der Waals surface area contributed by atoms with Crippen LogP contribution in [0.3, 0.4) is 0 Å². The van der Waals surface area contributed by atoms with Crippen LogP contribution in [0.5, 0.6) is 0 Å². The first-order chi connectivity index (χ1) is 9.86. The SMILES string of the molecule is CNC(=O)C1CCCN(S(=O)(=O)c2ccc(Cl)c(Br)c2)C1. The van der Waals surface area contributed by atoms with E-state index >= 15 is 0 Å². The summed E-state index contributed by atoms with van der Waals surface area (Å²) in [7, 11) is -2.05. The molecular formula is C13H16BrClN2O3S. The van der Waals surface area contributed by atoms with Gasteiger partial charge in [-0.1, -0.05) is 11.6 Å². The van der Waals surface area contributed by atoms with Gasteiger partial charge in [0.15, 0.2) is 0 Å². The largest absolute Gasteiger partial charge is 0.359 e. The lowest BCUT2D eigenvalue weighted by atomic mass is 9.99. The number of halogens is 2. The molecule has 5 nitrogen and oxygen atoms in total. The molecule has 0 spiro atoms. The molecule has 1 amide bonds. The van der Waals surface area contributed by atoms with Gasteiger partial charge in [0.05, 0.1) is 15.8 Å². The third kappa shape index (κ3) is 3.59. The number of nitrogens with one attached hydrogen (secondary N) is 1. The second-order valence-corrected chi connectivity index (χ2v) is 8.09. The molecule has 1 aliphatic rings. The van der Waals surface area contributed by atoms with Gasteiger partial charge in [-0.3, -0.25) is 4.79 Å². The smallest absolute Gasteiger partial charge is 0.243 e. The van der Waals surface area contributed by atoms with Gasteiger partial charge in [0, 0.05) is 24.6 Å². The molecule has 0 saturated carbocycles. The number of amides is 1. The highest BCUT2D eigenvalue weighted by Crippen LogP contribution is 2.29. The van der Waals surface area contributed by atoms with Crippen molar-refractivity contribution < 1.29 is 13.2 Å². The first kappa shape index (κ1) is 16.7. The van der Waals surface area contributed by atoms with Crippen molar-refractivity contribution in [2.24, 2.45) is 5.92 Å². The van der Waals surface area contributed by atoms with Crippen molar-refractivity contribution in [1.82, 2.24) is 9.62 Å². The Balaban J connectivity index is 2.26. The summed E-state index contributed by atoms with van der Waals surface area (Å²) in [6, 6.07) is 4.51. The monoisotopic (exact) mass is 394 g/mol. The fourth-order valence-corrected chi connectivity index (χ4v) is 4.56. The van der Waals surface area contributed by atoms with Crippen LogP contribution >= 0.6 is 27.5 Å². The predicted octanol–water partition coefficient (Wildman–Crippen LogP) is 2.25. The van der Waals surface area contributed by atoms with Crippen LogP contribution in [0.2, 0.25) is 5.02 Å². The van der Waals surface area contributed by atoms with Gasteiger partial charge in [0.25, 0.3) is 0 Å². The van der Waals surface area contributed by atoms with Crippen molar-refractivity contribution >= 4 is 43.5 Å². The number of carbonyl (C=O) groups is 1. The predicted molar refractivity (Wildman–Crippen MR) is 84.7 cm³/mol. The standard InChI is InChI=1S/C13H16BrClN2O3S/c1-16-13(18)9-3-2-6-17(8-9)21(19,20)10-4-5-12(15)11(14)7-10/h4-5,7,9H,2-3,6,8H2,1H3,(H,16,18). The first-order valence-electron chi connectivity index (χ1n) is 6.53. The number of benzene rings is 1. The van der Waals surface area contributed by atoms with Gasteiger partial charge in [-0.15, -0.1) is 0 Å². The first-order valence-corrected chi connectivity index (χ1v) is 9.14. The minimum Gasteiger partial charge on any atom is -0.359 e. The minimum atomic E-state index is -3.61. The normalized spacial score (nSPS) is 20.2. The number of hydrogen-bond donors (Lipinski definition) is 1. The molecule has 0 radical (unpaired) electrons. The summed E-state index contributed by atoms with van der Waals surface area (Å²) in [5.41, 5.74) is 0. The molecule has 1 aromatic rings. The minimum absolute atomic E-state index is 0.118. The van der Waals surface area contributed by atoms with Crippen LogP contribution < -0.4 is 5.32 Å². The Morgan fingerprint density at radius 3 is 2.81 bits per heavy atom. The van der Waals surface area contributed by atoms with Gasteiger partial charge in [0.1, 0.15) is 0 Å². The lowest BCUT2D eigenvalue weighted by Gasteiger charge is -2.31. The number of rotatable bonds is 3. The van der Waals surface area contributed by atoms with Crippen molar-refractivity contribution in [3.8, 4) is 0 Å². The van der Waals surface area contributed by atoms with E-state index in [1.807, 2.05) is 0 Å². The van der Waals surface area contributed by atoms with Crippen LogP contribution in [-0.4, -0.2) is 38.8 Å². The molecule has 1 unspecified atom stereocenters. The van der Waals surface area contributed by atoms with Crippen molar-refractivity contribution in [2.45, 2.75) is 17.7 Å². The summed E-state index contributed by atoms with van der Waals surface area (Å²) in [6.07, 6.45) is 1.38. The quantitative estimate of drug-likeness (QED) is 0.853. The molecule has 2 rings (SSSR count). The topological polar surface area (TPSA) is 66.5 Å². The van der Waals surface area contributed by atoms with Gasteiger partial charge in [0.2, 0.25) is 15.9 Å². The van der Waals surface area contributed by atoms with Crippen molar-refractivity contribution in [1.29, 1.82) is 0 Å². The average molecular weight is 396 g/mol. The van der Waals surface area contributed by atoms with E-state index < -0.39 is 10.0 Å². The van der Waals surface area contributed by atoms with Crippen LogP contribution in [-0.2, 0) is 14.8 Å². The van der Waals surface area contributed by atoms with E-state index in [2.05, 4.69) is 21.2 Å². The fourth-order valence-electron chi connectivity index (χ4n) is 2.37. The van der Waals surface area contributed by atoms with E-state index in [0.29, 0.717) is 28.9 Å². The fraction of sp³-hybridized carbons (Fsp3) is 0.462. The maximum atomic E-state index is 12.6. The van der Waals surface area contributed by atoms with Crippen LogP contribution in [0.1, 0.15) is 12.8 Å². The van der Waals surface area contributed by atoms with E-state index in [1.54, 1.807) is 13.1 Å². The molecule has 1 saturated heterocycles. The second kappa shape index (κ2) is 6.64. The maximum absolute atomic E-state index is 12.6. The third-order valence-electron chi connectivity index (χ3n) is 3.53. The Morgan fingerprint density at radius 2 is 2.19 bits per heavy atom. The highest BCUT2D eigenvalue weighted by atomic mass is 79.9. The van der Waals surface area contributed by atoms with E-state index in [9.17, 15) is 13.2 Å². The van der Waals surface area contributed by atoms with E-state index in [1.165, 1.54) is 16.4 Å². The molecule has 0 bridgehead atoms. The maximum Gasteiger partial charge on any atom is 0.243 e. The molecule has 1 aliphatic heterocycles. The zero-order valence-corrected chi connectivity index (χ0v) is 14.6. The van der Waals surface area contributed by atoms with Gasteiger partial charge in [-0.25, -0.2) is 8.42 Å². The number of sulfonamides is 1. The van der Waals surface area contributed by atoms with Crippen molar-refractivity contribution in [3.05, 3.63) is 27.7 Å². The molecule has 21 heavy (non-hydrogen) atoms. The lowest BCUT2D eigenvalue weighted by Crippen LogP contribution is -2.44. The molecule has 0 aliphatic carbocycles. The van der Waals surface area contributed by atoms with Crippen LogP contribution in [0.15, 0.2) is 27.6 Å². The summed E-state index contributed by atoms with van der Waals surface area (Å²) in [6.45, 7) is 0.637. The number of hydrogen-bond acceptors (Lipinski definition) is 3. The number of piperidine rings is 1. The molecule has 1 N–H and O–H groups in total. The van der Waals surface area contributed by atoms with E-state index in [4.69, 9.17) is 11.6 Å². The highest BCUT2D eigenvalue weighted by Gasteiger charge is 2.33. The van der Waals surface area contributed by atoms with E-state index in [0.717, 1.165) is 0 Å². The molecular weight excluding hydrogens is 380 g/mol. The van der Waals surface area contributed by atoms with Gasteiger partial charge in [-0.05, 0) is 47.0 Å². The Bertz CT molecular complexity index is 651.